The number of hydrogen-bond acceptors (Lipinski definition) is 4. The first kappa shape index (κ1) is 12.1. The fourth-order valence-electron chi connectivity index (χ4n) is 1.88. The third kappa shape index (κ3) is 2.35. The predicted molar refractivity (Wildman–Crippen MR) is 63.5 cm³/mol. The smallest absolute Gasteiger partial charge is 0.339 e. The molecule has 0 spiro atoms. The molecule has 1 heterocycles. The van der Waals surface area contributed by atoms with E-state index in [9.17, 15) is 9.90 Å². The number of nitrogens with zero attached hydrogens (tertiary/aromatic N) is 1. The Kier molecular flexibility index (Phi) is 3.22. The molecule has 6 heteroatoms. The lowest BCUT2D eigenvalue weighted by molar-refractivity contribution is 0.0696. The van der Waals surface area contributed by atoms with E-state index >= 15 is 0 Å². The molecule has 5 nitrogen and oxygen atoms in total. The minimum atomic E-state index is -1.07. The summed E-state index contributed by atoms with van der Waals surface area (Å²) in [5.41, 5.74) is -0.379. The molecule has 0 bridgehead atoms. The van der Waals surface area contributed by atoms with E-state index in [0.717, 1.165) is 19.3 Å². The molecule has 1 fully saturated rings. The van der Waals surface area contributed by atoms with Crippen molar-refractivity contribution in [2.45, 2.75) is 24.8 Å². The van der Waals surface area contributed by atoms with Crippen LogP contribution in [0.5, 0.6) is 0 Å². The summed E-state index contributed by atoms with van der Waals surface area (Å²) in [6, 6.07) is 2.84. The van der Waals surface area contributed by atoms with Crippen LogP contribution in [-0.2, 0) is 0 Å². The van der Waals surface area contributed by atoms with Crippen molar-refractivity contribution in [1.82, 2.24) is 4.98 Å². The van der Waals surface area contributed by atoms with Gasteiger partial charge in [0.2, 0.25) is 0 Å². The van der Waals surface area contributed by atoms with Gasteiger partial charge in [-0.2, -0.15) is 0 Å². The fourth-order valence-corrected chi connectivity index (χ4v) is 2.03. The van der Waals surface area contributed by atoms with E-state index in [1.807, 2.05) is 0 Å². The lowest BCUT2D eigenvalue weighted by atomic mass is 9.77. The second kappa shape index (κ2) is 4.50. The van der Waals surface area contributed by atoms with Crippen molar-refractivity contribution in [2.24, 2.45) is 0 Å². The molecule has 1 aromatic heterocycles. The maximum absolute atomic E-state index is 11.0. The number of aliphatic hydroxyl groups excluding tert-OH is 1. The highest BCUT2D eigenvalue weighted by Gasteiger charge is 2.37. The maximum Gasteiger partial charge on any atom is 0.339 e. The number of halogens is 1. The Morgan fingerprint density at radius 1 is 1.53 bits per heavy atom. The summed E-state index contributed by atoms with van der Waals surface area (Å²) in [7, 11) is 0. The maximum atomic E-state index is 11.0. The molecule has 0 amide bonds. The summed E-state index contributed by atoms with van der Waals surface area (Å²) in [5, 5.41) is 21.6. The third-order valence-electron chi connectivity index (χ3n) is 3.09. The molecule has 2 rings (SSSR count). The Morgan fingerprint density at radius 2 is 2.24 bits per heavy atom. The van der Waals surface area contributed by atoms with Crippen LogP contribution in [0.25, 0.3) is 0 Å². The second-order valence-electron chi connectivity index (χ2n) is 4.25. The predicted octanol–water partition coefficient (Wildman–Crippen LogP) is 1.76. The lowest BCUT2D eigenvalue weighted by Gasteiger charge is -2.41. The van der Waals surface area contributed by atoms with E-state index in [-0.39, 0.29) is 23.1 Å². The number of carboxylic acid groups (broad SMARTS) is 1. The normalized spacial score (nSPS) is 17.3. The van der Waals surface area contributed by atoms with Gasteiger partial charge in [-0.15, -0.1) is 0 Å². The SMILES string of the molecule is O=C(O)c1ccc(Cl)nc1NC1(CO)CCC1. The van der Waals surface area contributed by atoms with Gasteiger partial charge in [-0.05, 0) is 31.4 Å². The molecule has 0 radical (unpaired) electrons. The molecule has 1 aliphatic carbocycles. The molecule has 92 valence electrons. The average molecular weight is 257 g/mol. The Balaban J connectivity index is 2.30. The number of carboxylic acids is 1. The van der Waals surface area contributed by atoms with Gasteiger partial charge >= 0.3 is 5.97 Å². The minimum absolute atomic E-state index is 0.0414. The first-order valence-electron chi connectivity index (χ1n) is 5.35. The summed E-state index contributed by atoms with van der Waals surface area (Å²) in [6.45, 7) is -0.0414. The molecule has 0 aromatic carbocycles. The summed E-state index contributed by atoms with van der Waals surface area (Å²) in [5.74, 6) is -0.845. The number of aromatic carboxylic acids is 1. The quantitative estimate of drug-likeness (QED) is 0.715. The summed E-state index contributed by atoms with van der Waals surface area (Å²) < 4.78 is 0. The van der Waals surface area contributed by atoms with Crippen LogP contribution < -0.4 is 5.32 Å². The number of aromatic nitrogens is 1. The van der Waals surface area contributed by atoms with E-state index in [4.69, 9.17) is 16.7 Å². The van der Waals surface area contributed by atoms with Crippen LogP contribution in [0.2, 0.25) is 5.15 Å². The van der Waals surface area contributed by atoms with Crippen LogP contribution in [0.4, 0.5) is 5.82 Å². The van der Waals surface area contributed by atoms with Crippen molar-refractivity contribution < 1.29 is 15.0 Å². The Morgan fingerprint density at radius 3 is 2.71 bits per heavy atom. The van der Waals surface area contributed by atoms with Crippen molar-refractivity contribution >= 4 is 23.4 Å². The Bertz CT molecular complexity index is 441. The third-order valence-corrected chi connectivity index (χ3v) is 3.30. The van der Waals surface area contributed by atoms with Gasteiger partial charge in [-0.25, -0.2) is 9.78 Å². The van der Waals surface area contributed by atoms with Crippen molar-refractivity contribution in [3.05, 3.63) is 22.8 Å². The molecule has 0 unspecified atom stereocenters. The molecule has 0 saturated heterocycles. The van der Waals surface area contributed by atoms with Crippen molar-refractivity contribution in [3.63, 3.8) is 0 Å². The zero-order valence-corrected chi connectivity index (χ0v) is 9.87. The van der Waals surface area contributed by atoms with Gasteiger partial charge in [0.05, 0.1) is 12.1 Å². The summed E-state index contributed by atoms with van der Waals surface area (Å²) in [4.78, 5) is 15.0. The fraction of sp³-hybridized carbons (Fsp3) is 0.455. The van der Waals surface area contributed by atoms with Gasteiger partial charge in [-0.3, -0.25) is 0 Å². The van der Waals surface area contributed by atoms with Crippen molar-refractivity contribution in [1.29, 1.82) is 0 Å². The Hall–Kier alpha value is -1.33. The van der Waals surface area contributed by atoms with Crippen LogP contribution in [0.3, 0.4) is 0 Å². The second-order valence-corrected chi connectivity index (χ2v) is 4.64. The van der Waals surface area contributed by atoms with Crippen LogP contribution in [0.15, 0.2) is 12.1 Å². The summed E-state index contributed by atoms with van der Waals surface area (Å²) >= 11 is 5.75. The standard InChI is InChI=1S/C11H13ClN2O3/c12-8-3-2-7(10(16)17)9(13-8)14-11(6-15)4-1-5-11/h2-3,15H,1,4-6H2,(H,13,14)(H,16,17). The Labute approximate surface area is 103 Å². The van der Waals surface area contributed by atoms with Crippen LogP contribution in [0.1, 0.15) is 29.6 Å². The molecular formula is C11H13ClN2O3. The number of carbonyl (C=O) groups is 1. The highest BCUT2D eigenvalue weighted by molar-refractivity contribution is 6.29. The first-order valence-corrected chi connectivity index (χ1v) is 5.73. The van der Waals surface area contributed by atoms with Gasteiger partial charge < -0.3 is 15.5 Å². The number of rotatable bonds is 4. The number of anilines is 1. The molecule has 3 N–H and O–H groups in total. The zero-order chi connectivity index (χ0) is 12.5. The highest BCUT2D eigenvalue weighted by atomic mass is 35.5. The monoisotopic (exact) mass is 256 g/mol. The number of hydrogen-bond donors (Lipinski definition) is 3. The minimum Gasteiger partial charge on any atom is -0.478 e. The molecule has 1 aromatic rings. The van der Waals surface area contributed by atoms with Gasteiger partial charge in [0, 0.05) is 0 Å². The zero-order valence-electron chi connectivity index (χ0n) is 9.11. The van der Waals surface area contributed by atoms with Gasteiger partial charge in [-0.1, -0.05) is 11.6 Å². The topological polar surface area (TPSA) is 82.5 Å². The molecule has 0 aliphatic heterocycles. The van der Waals surface area contributed by atoms with E-state index in [1.165, 1.54) is 12.1 Å². The van der Waals surface area contributed by atoms with Gasteiger partial charge in [0.15, 0.2) is 0 Å². The van der Waals surface area contributed by atoms with Crippen LogP contribution >= 0.6 is 11.6 Å². The molecule has 1 saturated carbocycles. The first-order chi connectivity index (χ1) is 8.06. The average Bonchev–Trinajstić information content (AvgIpc) is 2.23. The molecular weight excluding hydrogens is 244 g/mol. The lowest BCUT2D eigenvalue weighted by Crippen LogP contribution is -2.48. The number of pyridine rings is 1. The van der Waals surface area contributed by atoms with E-state index < -0.39 is 11.5 Å². The van der Waals surface area contributed by atoms with E-state index in [2.05, 4.69) is 10.3 Å². The molecule has 17 heavy (non-hydrogen) atoms. The number of nitrogens with one attached hydrogen (secondary N) is 1. The van der Waals surface area contributed by atoms with Gasteiger partial charge in [0.1, 0.15) is 16.5 Å². The van der Waals surface area contributed by atoms with Crippen LogP contribution in [-0.4, -0.2) is 33.3 Å². The van der Waals surface area contributed by atoms with E-state index in [1.54, 1.807) is 0 Å². The van der Waals surface area contributed by atoms with Gasteiger partial charge in [0.25, 0.3) is 0 Å². The van der Waals surface area contributed by atoms with E-state index in [0.29, 0.717) is 0 Å². The highest BCUT2D eigenvalue weighted by Crippen LogP contribution is 2.35. The van der Waals surface area contributed by atoms with Crippen molar-refractivity contribution in [3.8, 4) is 0 Å². The number of aliphatic hydroxyl groups is 1. The molecule has 1 aliphatic rings. The summed E-state index contributed by atoms with van der Waals surface area (Å²) in [6.07, 6.45) is 2.62. The largest absolute Gasteiger partial charge is 0.478 e. The molecule has 0 atom stereocenters. The van der Waals surface area contributed by atoms with Crippen molar-refractivity contribution in [2.75, 3.05) is 11.9 Å². The van der Waals surface area contributed by atoms with Crippen LogP contribution in [0, 0.1) is 0 Å².